The molecule has 1 aliphatic heterocycles. The van der Waals surface area contributed by atoms with Crippen LogP contribution in [0.4, 0.5) is 4.79 Å². The van der Waals surface area contributed by atoms with Crippen LogP contribution in [0.25, 0.3) is 0 Å². The molecule has 0 aromatic rings. The molecule has 1 fully saturated rings. The lowest BCUT2D eigenvalue weighted by Gasteiger charge is -2.24. The molecule has 1 N–H and O–H groups in total. The third kappa shape index (κ3) is 4.55. The van der Waals surface area contributed by atoms with Crippen molar-refractivity contribution >= 4 is 23.6 Å². The number of carbonyl (C=O) groups is 2. The molecule has 0 aliphatic carbocycles. The van der Waals surface area contributed by atoms with E-state index in [0.717, 1.165) is 5.75 Å². The Morgan fingerprint density at radius 1 is 1.53 bits per heavy atom. The van der Waals surface area contributed by atoms with Gasteiger partial charge in [0.25, 0.3) is 0 Å². The fourth-order valence-corrected chi connectivity index (χ4v) is 2.19. The van der Waals surface area contributed by atoms with Crippen LogP contribution in [-0.4, -0.2) is 35.0 Å². The first kappa shape index (κ1) is 12.4. The minimum absolute atomic E-state index is 0.0807. The van der Waals surface area contributed by atoms with Gasteiger partial charge in [0, 0.05) is 0 Å². The molecule has 4 nitrogen and oxygen atoms in total. The summed E-state index contributed by atoms with van der Waals surface area (Å²) in [5.41, 5.74) is -0.517. The molecule has 86 valence electrons. The van der Waals surface area contributed by atoms with Gasteiger partial charge >= 0.3 is 6.09 Å². The summed E-state index contributed by atoms with van der Waals surface area (Å²) in [5, 5.41) is 2.60. The topological polar surface area (TPSA) is 55.4 Å². The molecule has 15 heavy (non-hydrogen) atoms. The van der Waals surface area contributed by atoms with Gasteiger partial charge in [-0.05, 0) is 32.9 Å². The molecule has 5 heteroatoms. The summed E-state index contributed by atoms with van der Waals surface area (Å²) < 4.78 is 5.08. The summed E-state index contributed by atoms with van der Waals surface area (Å²) in [6, 6.07) is -0.360. The molecule has 1 rings (SSSR count). The third-order valence-electron chi connectivity index (χ3n) is 1.87. The largest absolute Gasteiger partial charge is 0.444 e. The zero-order chi connectivity index (χ0) is 11.5. The predicted octanol–water partition coefficient (Wildman–Crippen LogP) is 1.59. The van der Waals surface area contributed by atoms with E-state index in [2.05, 4.69) is 5.32 Å². The molecule has 0 spiro atoms. The second-order valence-electron chi connectivity index (χ2n) is 4.51. The van der Waals surface area contributed by atoms with Gasteiger partial charge in [-0.1, -0.05) is 0 Å². The second-order valence-corrected chi connectivity index (χ2v) is 5.61. The van der Waals surface area contributed by atoms with E-state index < -0.39 is 11.7 Å². The molecule has 0 bridgehead atoms. The molecule has 1 unspecified atom stereocenters. The van der Waals surface area contributed by atoms with E-state index in [9.17, 15) is 9.59 Å². The first-order valence-corrected chi connectivity index (χ1v) is 6.14. The maximum absolute atomic E-state index is 11.4. The Kier molecular flexibility index (Phi) is 4.02. The lowest BCUT2D eigenvalue weighted by molar-refractivity contribution is -0.118. The van der Waals surface area contributed by atoms with Gasteiger partial charge < -0.3 is 10.1 Å². The van der Waals surface area contributed by atoms with Crippen molar-refractivity contribution in [2.45, 2.75) is 38.8 Å². The first-order valence-electron chi connectivity index (χ1n) is 4.98. The van der Waals surface area contributed by atoms with Gasteiger partial charge in [-0.3, -0.25) is 4.79 Å². The summed E-state index contributed by atoms with van der Waals surface area (Å²) in [7, 11) is 0. The number of rotatable bonds is 1. The van der Waals surface area contributed by atoms with Crippen molar-refractivity contribution < 1.29 is 14.3 Å². The van der Waals surface area contributed by atoms with E-state index in [1.165, 1.54) is 0 Å². The molecular weight excluding hydrogens is 214 g/mol. The summed E-state index contributed by atoms with van der Waals surface area (Å²) >= 11 is 1.61. The number of carbonyl (C=O) groups excluding carboxylic acids is 2. The summed E-state index contributed by atoms with van der Waals surface area (Å²) in [5.74, 6) is 1.48. The maximum Gasteiger partial charge on any atom is 0.408 e. The van der Waals surface area contributed by atoms with Crippen molar-refractivity contribution in [1.29, 1.82) is 0 Å². The van der Waals surface area contributed by atoms with Crippen molar-refractivity contribution in [1.82, 2.24) is 5.32 Å². The minimum Gasteiger partial charge on any atom is -0.444 e. The van der Waals surface area contributed by atoms with Crippen LogP contribution >= 0.6 is 11.8 Å². The van der Waals surface area contributed by atoms with Gasteiger partial charge in [-0.25, -0.2) is 4.79 Å². The van der Waals surface area contributed by atoms with Crippen LogP contribution in [0, 0.1) is 0 Å². The van der Waals surface area contributed by atoms with Crippen LogP contribution in [0.15, 0.2) is 0 Å². The Hall–Kier alpha value is -0.710. The van der Waals surface area contributed by atoms with E-state index in [-0.39, 0.29) is 11.8 Å². The van der Waals surface area contributed by atoms with Gasteiger partial charge in [0.1, 0.15) is 5.60 Å². The van der Waals surface area contributed by atoms with E-state index in [1.54, 1.807) is 32.5 Å². The van der Waals surface area contributed by atoms with Crippen molar-refractivity contribution in [3.63, 3.8) is 0 Å². The van der Waals surface area contributed by atoms with Crippen molar-refractivity contribution in [2.75, 3.05) is 11.5 Å². The number of thioether (sulfide) groups is 1. The van der Waals surface area contributed by atoms with Crippen LogP contribution in [0.5, 0.6) is 0 Å². The quantitative estimate of drug-likeness (QED) is 0.744. The van der Waals surface area contributed by atoms with E-state index in [1.807, 2.05) is 0 Å². The molecule has 0 aromatic heterocycles. The summed E-state index contributed by atoms with van der Waals surface area (Å²) in [6.07, 6.45) is 0.190. The fourth-order valence-electron chi connectivity index (χ4n) is 1.24. The molecule has 1 heterocycles. The number of amides is 1. The lowest BCUT2D eigenvalue weighted by Crippen LogP contribution is -2.46. The van der Waals surface area contributed by atoms with Gasteiger partial charge in [0.15, 0.2) is 5.78 Å². The second kappa shape index (κ2) is 4.88. The fraction of sp³-hybridized carbons (Fsp3) is 0.800. The number of hydrogen-bond acceptors (Lipinski definition) is 4. The summed E-state index contributed by atoms with van der Waals surface area (Å²) in [4.78, 5) is 22.8. The van der Waals surface area contributed by atoms with Crippen molar-refractivity contribution in [2.24, 2.45) is 0 Å². The zero-order valence-corrected chi connectivity index (χ0v) is 10.1. The molecule has 0 saturated carbocycles. The zero-order valence-electron chi connectivity index (χ0n) is 9.33. The molecule has 1 aliphatic rings. The predicted molar refractivity (Wildman–Crippen MR) is 60.1 cm³/mol. The Morgan fingerprint density at radius 2 is 2.20 bits per heavy atom. The highest BCUT2D eigenvalue weighted by Gasteiger charge is 2.26. The molecule has 1 saturated heterocycles. The number of ketones is 1. The lowest BCUT2D eigenvalue weighted by atomic mass is 10.1. The van der Waals surface area contributed by atoms with Crippen LogP contribution in [0.3, 0.4) is 0 Å². The molecular formula is C10H17NO3S. The first-order chi connectivity index (χ1) is 6.88. The van der Waals surface area contributed by atoms with E-state index >= 15 is 0 Å². The average Bonchev–Trinajstić information content (AvgIpc) is 2.05. The van der Waals surface area contributed by atoms with Gasteiger partial charge in [-0.15, -0.1) is 0 Å². The highest BCUT2D eigenvalue weighted by molar-refractivity contribution is 8.00. The standard InChI is InChI=1S/C10H17NO3S/c1-10(2,3)14-9(13)11-7-4-5-15-6-8(7)12/h7H,4-6H2,1-3H3,(H,11,13). The van der Waals surface area contributed by atoms with Crippen LogP contribution < -0.4 is 5.32 Å². The van der Waals surface area contributed by atoms with Crippen LogP contribution in [0.2, 0.25) is 0 Å². The van der Waals surface area contributed by atoms with E-state index in [0.29, 0.717) is 12.2 Å². The monoisotopic (exact) mass is 231 g/mol. The highest BCUT2D eigenvalue weighted by Crippen LogP contribution is 2.15. The molecule has 0 aromatic carbocycles. The normalized spacial score (nSPS) is 22.3. The van der Waals surface area contributed by atoms with Crippen LogP contribution in [-0.2, 0) is 9.53 Å². The minimum atomic E-state index is -0.517. The number of hydrogen-bond donors (Lipinski definition) is 1. The number of nitrogens with one attached hydrogen (secondary N) is 1. The van der Waals surface area contributed by atoms with Crippen molar-refractivity contribution in [3.8, 4) is 0 Å². The Morgan fingerprint density at radius 3 is 2.73 bits per heavy atom. The Bertz CT molecular complexity index is 260. The molecule has 1 atom stereocenters. The average molecular weight is 231 g/mol. The third-order valence-corrected chi connectivity index (χ3v) is 2.89. The Labute approximate surface area is 94.1 Å². The van der Waals surface area contributed by atoms with Crippen molar-refractivity contribution in [3.05, 3.63) is 0 Å². The van der Waals surface area contributed by atoms with Gasteiger partial charge in [0.2, 0.25) is 0 Å². The Balaban J connectivity index is 2.40. The van der Waals surface area contributed by atoms with Gasteiger partial charge in [0.05, 0.1) is 11.8 Å². The molecule has 1 amide bonds. The maximum atomic E-state index is 11.4. The summed E-state index contributed by atoms with van der Waals surface area (Å²) in [6.45, 7) is 5.39. The van der Waals surface area contributed by atoms with Gasteiger partial charge in [-0.2, -0.15) is 11.8 Å². The number of ether oxygens (including phenoxy) is 1. The highest BCUT2D eigenvalue weighted by atomic mass is 32.2. The smallest absolute Gasteiger partial charge is 0.408 e. The number of Topliss-reactive ketones (excluding diaryl/α,β-unsaturated/α-hetero) is 1. The SMILES string of the molecule is CC(C)(C)OC(=O)NC1CCSCC1=O. The van der Waals surface area contributed by atoms with E-state index in [4.69, 9.17) is 4.74 Å². The molecule has 0 radical (unpaired) electrons. The number of alkyl carbamates (subject to hydrolysis) is 1. The van der Waals surface area contributed by atoms with Crippen LogP contribution in [0.1, 0.15) is 27.2 Å².